The van der Waals surface area contributed by atoms with Gasteiger partial charge in [-0.1, -0.05) is 16.1 Å². The average molecular weight is 261 g/mol. The van der Waals surface area contributed by atoms with Gasteiger partial charge in [0.05, 0.1) is 0 Å². The normalized spacial score (nSPS) is 19.1. The van der Waals surface area contributed by atoms with Crippen molar-refractivity contribution in [3.05, 3.63) is 10.0 Å². The van der Waals surface area contributed by atoms with Gasteiger partial charge in [0.2, 0.25) is 0 Å². The molecule has 0 atom stereocenters. The minimum atomic E-state index is 0.726. The first kappa shape index (κ1) is 12.2. The van der Waals surface area contributed by atoms with E-state index in [9.17, 15) is 0 Å². The molecule has 0 aliphatic carbocycles. The Kier molecular flexibility index (Phi) is 4.52. The zero-order valence-electron chi connectivity index (χ0n) is 9.23. The van der Waals surface area contributed by atoms with Crippen molar-refractivity contribution < 1.29 is 0 Å². The summed E-state index contributed by atoms with van der Waals surface area (Å²) < 4.78 is 4.57. The second-order valence-corrected chi connectivity index (χ2v) is 5.65. The lowest BCUT2D eigenvalue weighted by Gasteiger charge is -2.31. The molecule has 2 rings (SSSR count). The van der Waals surface area contributed by atoms with Crippen LogP contribution in [0.5, 0.6) is 0 Å². The van der Waals surface area contributed by atoms with E-state index in [1.165, 1.54) is 24.4 Å². The van der Waals surface area contributed by atoms with Gasteiger partial charge in [-0.05, 0) is 44.8 Å². The molecule has 6 heteroatoms. The molecule has 0 aromatic carbocycles. The summed E-state index contributed by atoms with van der Waals surface area (Å²) in [6, 6.07) is 0. The molecule has 0 unspecified atom stereocenters. The predicted octanol–water partition coefficient (Wildman–Crippen LogP) is 1.75. The van der Waals surface area contributed by atoms with Crippen molar-refractivity contribution in [2.75, 3.05) is 19.6 Å². The summed E-state index contributed by atoms with van der Waals surface area (Å²) in [7, 11) is 0. The lowest BCUT2D eigenvalue weighted by molar-refractivity contribution is 0.172. The quantitative estimate of drug-likeness (QED) is 0.896. The van der Waals surface area contributed by atoms with E-state index in [4.69, 9.17) is 17.3 Å². The van der Waals surface area contributed by atoms with Crippen molar-refractivity contribution in [1.29, 1.82) is 0 Å². The number of piperidine rings is 1. The summed E-state index contributed by atoms with van der Waals surface area (Å²) in [4.78, 5) is 2.40. The highest BCUT2D eigenvalue weighted by Gasteiger charge is 2.20. The van der Waals surface area contributed by atoms with Crippen LogP contribution in [-0.2, 0) is 6.54 Å². The van der Waals surface area contributed by atoms with Crippen LogP contribution in [0, 0.1) is 5.92 Å². The van der Waals surface area contributed by atoms with Crippen LogP contribution in [0.4, 0.5) is 0 Å². The van der Waals surface area contributed by atoms with E-state index >= 15 is 0 Å². The third-order valence-electron chi connectivity index (χ3n) is 3.16. The highest BCUT2D eigenvalue weighted by Crippen LogP contribution is 2.23. The van der Waals surface area contributed by atoms with Gasteiger partial charge in [0.15, 0.2) is 0 Å². The van der Waals surface area contributed by atoms with Crippen LogP contribution in [0.2, 0.25) is 4.34 Å². The van der Waals surface area contributed by atoms with Gasteiger partial charge < -0.3 is 5.73 Å². The third-order valence-corrected chi connectivity index (χ3v) is 4.15. The molecular weight excluding hydrogens is 244 g/mol. The minimum absolute atomic E-state index is 0.726. The molecule has 0 spiro atoms. The highest BCUT2D eigenvalue weighted by atomic mass is 35.5. The van der Waals surface area contributed by atoms with E-state index in [1.54, 1.807) is 0 Å². The number of halogens is 1. The second kappa shape index (κ2) is 5.91. The van der Waals surface area contributed by atoms with Crippen molar-refractivity contribution >= 4 is 23.1 Å². The molecular formula is C10H17ClN4S. The molecule has 1 aliphatic heterocycles. The minimum Gasteiger partial charge on any atom is -0.330 e. The van der Waals surface area contributed by atoms with Crippen molar-refractivity contribution in [1.82, 2.24) is 14.5 Å². The number of hydrogen-bond donors (Lipinski definition) is 1. The van der Waals surface area contributed by atoms with E-state index in [-0.39, 0.29) is 0 Å². The lowest BCUT2D eigenvalue weighted by atomic mass is 9.93. The Bertz CT molecular complexity index is 322. The Hall–Kier alpha value is -0.230. The van der Waals surface area contributed by atoms with Gasteiger partial charge in [-0.2, -0.15) is 0 Å². The molecule has 1 aromatic rings. The number of hydrogen-bond acceptors (Lipinski definition) is 5. The first-order valence-corrected chi connectivity index (χ1v) is 6.84. The first-order valence-electron chi connectivity index (χ1n) is 5.68. The van der Waals surface area contributed by atoms with Gasteiger partial charge in [-0.25, -0.2) is 0 Å². The Morgan fingerprint density at radius 1 is 1.44 bits per heavy atom. The predicted molar refractivity (Wildman–Crippen MR) is 66.6 cm³/mol. The molecule has 0 amide bonds. The van der Waals surface area contributed by atoms with Crippen LogP contribution >= 0.6 is 23.1 Å². The summed E-state index contributed by atoms with van der Waals surface area (Å²) in [6.07, 6.45) is 3.64. The van der Waals surface area contributed by atoms with E-state index in [2.05, 4.69) is 14.5 Å². The molecule has 90 valence electrons. The van der Waals surface area contributed by atoms with E-state index in [0.29, 0.717) is 0 Å². The van der Waals surface area contributed by atoms with Crippen LogP contribution in [0.1, 0.15) is 25.0 Å². The Labute approximate surface area is 105 Å². The van der Waals surface area contributed by atoms with Gasteiger partial charge in [0.1, 0.15) is 10.0 Å². The number of nitrogens with two attached hydrogens (primary N) is 1. The number of aromatic nitrogens is 2. The fourth-order valence-electron chi connectivity index (χ4n) is 2.17. The Morgan fingerprint density at radius 2 is 2.19 bits per heavy atom. The molecule has 16 heavy (non-hydrogen) atoms. The maximum Gasteiger partial charge on any atom is 0.138 e. The summed E-state index contributed by atoms with van der Waals surface area (Å²) in [5.41, 5.74) is 6.50. The van der Waals surface area contributed by atoms with Gasteiger partial charge in [-0.15, -0.1) is 5.10 Å². The number of likely N-dealkylation sites (tertiary alicyclic amines) is 1. The monoisotopic (exact) mass is 260 g/mol. The SMILES string of the molecule is NCCC1CCN(Cc2nnsc2Cl)CC1. The van der Waals surface area contributed by atoms with E-state index in [0.717, 1.165) is 48.5 Å². The van der Waals surface area contributed by atoms with Crippen LogP contribution in [0.3, 0.4) is 0 Å². The first-order chi connectivity index (χ1) is 7.79. The standard InChI is InChI=1S/C10H17ClN4S/c11-10-9(13-14-16-10)7-15-5-2-8(1-4-12)3-6-15/h8H,1-7,12H2. The molecule has 1 aromatic heterocycles. The zero-order valence-corrected chi connectivity index (χ0v) is 10.8. The molecule has 1 aliphatic rings. The van der Waals surface area contributed by atoms with Crippen molar-refractivity contribution in [2.45, 2.75) is 25.8 Å². The van der Waals surface area contributed by atoms with Gasteiger partial charge in [0, 0.05) is 18.1 Å². The molecule has 1 saturated heterocycles. The molecule has 1 fully saturated rings. The molecule has 0 radical (unpaired) electrons. The van der Waals surface area contributed by atoms with Gasteiger partial charge in [0.25, 0.3) is 0 Å². The smallest absolute Gasteiger partial charge is 0.138 e. The van der Waals surface area contributed by atoms with Gasteiger partial charge in [-0.3, -0.25) is 4.90 Å². The molecule has 2 heterocycles. The fraction of sp³-hybridized carbons (Fsp3) is 0.800. The Morgan fingerprint density at radius 3 is 2.75 bits per heavy atom. The van der Waals surface area contributed by atoms with Crippen molar-refractivity contribution in [2.24, 2.45) is 11.7 Å². The van der Waals surface area contributed by atoms with Crippen molar-refractivity contribution in [3.8, 4) is 0 Å². The summed E-state index contributed by atoms with van der Waals surface area (Å²) >= 11 is 7.25. The molecule has 0 saturated carbocycles. The van der Waals surface area contributed by atoms with Crippen molar-refractivity contribution in [3.63, 3.8) is 0 Å². The van der Waals surface area contributed by atoms with Crippen LogP contribution in [0.25, 0.3) is 0 Å². The second-order valence-electron chi connectivity index (χ2n) is 4.29. The fourth-order valence-corrected chi connectivity index (χ4v) is 2.78. The molecule has 4 nitrogen and oxygen atoms in total. The summed E-state index contributed by atoms with van der Waals surface area (Å²) in [5, 5.41) is 4.04. The number of nitrogens with zero attached hydrogens (tertiary/aromatic N) is 3. The zero-order chi connectivity index (χ0) is 11.4. The number of rotatable bonds is 4. The maximum absolute atomic E-state index is 5.99. The molecule has 2 N–H and O–H groups in total. The van der Waals surface area contributed by atoms with Crippen LogP contribution < -0.4 is 5.73 Å². The van der Waals surface area contributed by atoms with E-state index < -0.39 is 0 Å². The molecule has 0 bridgehead atoms. The topological polar surface area (TPSA) is 55.0 Å². The Balaban J connectivity index is 1.79. The van der Waals surface area contributed by atoms with Gasteiger partial charge >= 0.3 is 0 Å². The largest absolute Gasteiger partial charge is 0.330 e. The lowest BCUT2D eigenvalue weighted by Crippen LogP contribution is -2.34. The average Bonchev–Trinajstić information content (AvgIpc) is 2.68. The van der Waals surface area contributed by atoms with Crippen LogP contribution in [-0.4, -0.2) is 34.1 Å². The highest BCUT2D eigenvalue weighted by molar-refractivity contribution is 7.10. The van der Waals surface area contributed by atoms with E-state index in [1.807, 2.05) is 0 Å². The maximum atomic E-state index is 5.99. The van der Waals surface area contributed by atoms with Crippen LogP contribution in [0.15, 0.2) is 0 Å². The summed E-state index contributed by atoms with van der Waals surface area (Å²) in [5.74, 6) is 0.810. The third kappa shape index (κ3) is 3.13. The summed E-state index contributed by atoms with van der Waals surface area (Å²) in [6.45, 7) is 3.90.